The van der Waals surface area contributed by atoms with Crippen molar-refractivity contribution in [3.05, 3.63) is 22.4 Å². The molecule has 3 rings (SSSR count). The van der Waals surface area contributed by atoms with Gasteiger partial charge >= 0.3 is 0 Å². The summed E-state index contributed by atoms with van der Waals surface area (Å²) in [7, 11) is 0. The molecule has 2 aliphatic rings. The van der Waals surface area contributed by atoms with Crippen molar-refractivity contribution in [1.82, 2.24) is 10.2 Å². The highest BCUT2D eigenvalue weighted by Crippen LogP contribution is 2.38. The topological polar surface area (TPSA) is 15.3 Å². The largest absolute Gasteiger partial charge is 0.311 e. The van der Waals surface area contributed by atoms with Crippen LogP contribution in [0.15, 0.2) is 17.5 Å². The molecule has 1 aliphatic heterocycles. The van der Waals surface area contributed by atoms with Gasteiger partial charge in [0.1, 0.15) is 0 Å². The maximum Gasteiger partial charge on any atom is 0.0338 e. The fraction of sp³-hybridized carbons (Fsp3) is 0.765. The zero-order valence-electron chi connectivity index (χ0n) is 12.9. The minimum Gasteiger partial charge on any atom is -0.311 e. The number of piperazine rings is 1. The monoisotopic (exact) mass is 292 g/mol. The highest BCUT2D eigenvalue weighted by Gasteiger charge is 2.44. The first-order chi connectivity index (χ1) is 9.73. The van der Waals surface area contributed by atoms with Gasteiger partial charge in [0, 0.05) is 36.1 Å². The molecule has 1 aliphatic carbocycles. The SMILES string of the molecule is CCC(C)C1CN(Cc2cccs2)C2(CCCC2)CN1. The van der Waals surface area contributed by atoms with Gasteiger partial charge in [-0.25, -0.2) is 0 Å². The van der Waals surface area contributed by atoms with Crippen LogP contribution in [0.5, 0.6) is 0 Å². The van der Waals surface area contributed by atoms with Crippen molar-refractivity contribution in [2.45, 2.75) is 64.1 Å². The molecular formula is C17H28N2S. The van der Waals surface area contributed by atoms with Gasteiger partial charge in [-0.1, -0.05) is 39.2 Å². The van der Waals surface area contributed by atoms with Crippen LogP contribution in [-0.4, -0.2) is 29.6 Å². The van der Waals surface area contributed by atoms with E-state index < -0.39 is 0 Å². The standard InChI is InChI=1S/C17H28N2S/c1-3-14(2)16-12-19(11-15-7-6-10-20-15)17(13-18-16)8-4-5-9-17/h6-7,10,14,16,18H,3-5,8-9,11-13H2,1-2H3. The summed E-state index contributed by atoms with van der Waals surface area (Å²) in [5.74, 6) is 0.777. The molecular weight excluding hydrogens is 264 g/mol. The van der Waals surface area contributed by atoms with Crippen LogP contribution in [0.1, 0.15) is 50.8 Å². The van der Waals surface area contributed by atoms with Crippen molar-refractivity contribution in [2.24, 2.45) is 5.92 Å². The Kier molecular flexibility index (Phi) is 4.49. The van der Waals surface area contributed by atoms with E-state index in [-0.39, 0.29) is 0 Å². The number of nitrogens with zero attached hydrogens (tertiary/aromatic N) is 1. The third kappa shape index (κ3) is 2.81. The zero-order chi connectivity index (χ0) is 14.0. The van der Waals surface area contributed by atoms with Gasteiger partial charge in [-0.3, -0.25) is 4.90 Å². The maximum atomic E-state index is 3.87. The molecule has 3 heteroatoms. The van der Waals surface area contributed by atoms with E-state index in [1.807, 2.05) is 11.3 Å². The predicted molar refractivity (Wildman–Crippen MR) is 87.2 cm³/mol. The van der Waals surface area contributed by atoms with E-state index in [4.69, 9.17) is 0 Å². The lowest BCUT2D eigenvalue weighted by Crippen LogP contribution is -2.64. The van der Waals surface area contributed by atoms with E-state index in [9.17, 15) is 0 Å². The van der Waals surface area contributed by atoms with Crippen molar-refractivity contribution in [2.75, 3.05) is 13.1 Å². The summed E-state index contributed by atoms with van der Waals surface area (Å²) < 4.78 is 0. The average molecular weight is 292 g/mol. The Morgan fingerprint density at radius 1 is 1.45 bits per heavy atom. The first kappa shape index (κ1) is 14.6. The summed E-state index contributed by atoms with van der Waals surface area (Å²) in [5.41, 5.74) is 0.452. The van der Waals surface area contributed by atoms with Crippen LogP contribution in [0.25, 0.3) is 0 Å². The summed E-state index contributed by atoms with van der Waals surface area (Å²) in [5, 5.41) is 6.09. The van der Waals surface area contributed by atoms with Gasteiger partial charge < -0.3 is 5.32 Å². The van der Waals surface area contributed by atoms with Crippen LogP contribution in [0.3, 0.4) is 0 Å². The van der Waals surface area contributed by atoms with Crippen LogP contribution in [0, 0.1) is 5.92 Å². The Labute approximate surface area is 127 Å². The van der Waals surface area contributed by atoms with E-state index in [1.54, 1.807) is 0 Å². The highest BCUT2D eigenvalue weighted by atomic mass is 32.1. The molecule has 0 amide bonds. The number of rotatable bonds is 4. The van der Waals surface area contributed by atoms with Crippen LogP contribution in [-0.2, 0) is 6.54 Å². The third-order valence-corrected chi connectivity index (χ3v) is 6.43. The van der Waals surface area contributed by atoms with Gasteiger partial charge in [0.15, 0.2) is 0 Å². The predicted octanol–water partition coefficient (Wildman–Crippen LogP) is 3.88. The lowest BCUT2D eigenvalue weighted by atomic mass is 9.87. The van der Waals surface area contributed by atoms with Gasteiger partial charge in [-0.2, -0.15) is 0 Å². The van der Waals surface area contributed by atoms with Gasteiger partial charge in [0.2, 0.25) is 0 Å². The van der Waals surface area contributed by atoms with Crippen molar-refractivity contribution in [1.29, 1.82) is 0 Å². The second-order valence-electron chi connectivity index (χ2n) is 6.76. The number of hydrogen-bond donors (Lipinski definition) is 1. The zero-order valence-corrected chi connectivity index (χ0v) is 13.7. The molecule has 1 spiro atoms. The van der Waals surface area contributed by atoms with Crippen molar-refractivity contribution < 1.29 is 0 Å². The van der Waals surface area contributed by atoms with Gasteiger partial charge in [0.05, 0.1) is 0 Å². The minimum absolute atomic E-state index is 0.452. The van der Waals surface area contributed by atoms with Crippen LogP contribution < -0.4 is 5.32 Å². The van der Waals surface area contributed by atoms with Crippen molar-refractivity contribution in [3.63, 3.8) is 0 Å². The van der Waals surface area contributed by atoms with E-state index in [0.717, 1.165) is 12.5 Å². The smallest absolute Gasteiger partial charge is 0.0338 e. The molecule has 1 aromatic heterocycles. The molecule has 0 aromatic carbocycles. The van der Waals surface area contributed by atoms with Crippen LogP contribution in [0.4, 0.5) is 0 Å². The lowest BCUT2D eigenvalue weighted by Gasteiger charge is -2.49. The molecule has 0 bridgehead atoms. The summed E-state index contributed by atoms with van der Waals surface area (Å²) >= 11 is 1.91. The summed E-state index contributed by atoms with van der Waals surface area (Å²) in [6.07, 6.45) is 6.88. The van der Waals surface area contributed by atoms with Gasteiger partial charge in [-0.05, 0) is 30.2 Å². The molecule has 2 nitrogen and oxygen atoms in total. The molecule has 1 aromatic rings. The summed E-state index contributed by atoms with van der Waals surface area (Å²) in [6.45, 7) is 8.30. The molecule has 1 saturated heterocycles. The Morgan fingerprint density at radius 2 is 2.25 bits per heavy atom. The molecule has 2 heterocycles. The summed E-state index contributed by atoms with van der Waals surface area (Å²) in [4.78, 5) is 4.35. The number of hydrogen-bond acceptors (Lipinski definition) is 3. The lowest BCUT2D eigenvalue weighted by molar-refractivity contribution is 0.0247. The van der Waals surface area contributed by atoms with Gasteiger partial charge in [-0.15, -0.1) is 11.3 Å². The minimum atomic E-state index is 0.452. The fourth-order valence-electron chi connectivity index (χ4n) is 3.94. The van der Waals surface area contributed by atoms with Crippen LogP contribution >= 0.6 is 11.3 Å². The third-order valence-electron chi connectivity index (χ3n) is 5.57. The molecule has 2 fully saturated rings. The Balaban J connectivity index is 1.75. The normalized spacial score (nSPS) is 28.0. The highest BCUT2D eigenvalue weighted by molar-refractivity contribution is 7.09. The molecule has 1 N–H and O–H groups in total. The first-order valence-corrected chi connectivity index (χ1v) is 9.12. The van der Waals surface area contributed by atoms with E-state index in [1.165, 1.54) is 50.1 Å². The molecule has 0 radical (unpaired) electrons. The van der Waals surface area contributed by atoms with E-state index in [0.29, 0.717) is 11.6 Å². The molecule has 2 atom stereocenters. The number of nitrogens with one attached hydrogen (secondary N) is 1. The average Bonchev–Trinajstić information content (AvgIpc) is 3.13. The second kappa shape index (κ2) is 6.17. The van der Waals surface area contributed by atoms with E-state index >= 15 is 0 Å². The quantitative estimate of drug-likeness (QED) is 0.906. The van der Waals surface area contributed by atoms with E-state index in [2.05, 4.69) is 41.6 Å². The second-order valence-corrected chi connectivity index (χ2v) is 7.80. The van der Waals surface area contributed by atoms with Crippen molar-refractivity contribution >= 4 is 11.3 Å². The summed E-state index contributed by atoms with van der Waals surface area (Å²) in [6, 6.07) is 5.16. The molecule has 20 heavy (non-hydrogen) atoms. The molecule has 2 unspecified atom stereocenters. The molecule has 1 saturated carbocycles. The Morgan fingerprint density at radius 3 is 2.90 bits per heavy atom. The van der Waals surface area contributed by atoms with Crippen LogP contribution in [0.2, 0.25) is 0 Å². The Bertz CT molecular complexity index is 409. The first-order valence-electron chi connectivity index (χ1n) is 8.24. The Hall–Kier alpha value is -0.380. The maximum absolute atomic E-state index is 3.87. The molecule has 112 valence electrons. The number of thiophene rings is 1. The van der Waals surface area contributed by atoms with Crippen molar-refractivity contribution in [3.8, 4) is 0 Å². The fourth-order valence-corrected chi connectivity index (χ4v) is 4.66. The van der Waals surface area contributed by atoms with Gasteiger partial charge in [0.25, 0.3) is 0 Å².